The van der Waals surface area contributed by atoms with Crippen molar-refractivity contribution < 1.29 is 18.7 Å². The Bertz CT molecular complexity index is 959. The largest absolute Gasteiger partial charge is 0.482 e. The molecule has 0 amide bonds. The van der Waals surface area contributed by atoms with Crippen molar-refractivity contribution in [2.24, 2.45) is 0 Å². The summed E-state index contributed by atoms with van der Waals surface area (Å²) in [6.45, 7) is 2.32. The van der Waals surface area contributed by atoms with E-state index in [-0.39, 0.29) is 6.61 Å². The van der Waals surface area contributed by atoms with Crippen LogP contribution in [0.15, 0.2) is 63.8 Å². The van der Waals surface area contributed by atoms with Crippen molar-refractivity contribution in [3.63, 3.8) is 0 Å². The minimum absolute atomic E-state index is 0.180. The SMILES string of the molecule is CCCCCOC(=O)COc1ccc2c(-c3ccccc3)cc(=O)oc2c1. The van der Waals surface area contributed by atoms with Gasteiger partial charge < -0.3 is 13.9 Å². The Morgan fingerprint density at radius 2 is 1.85 bits per heavy atom. The van der Waals surface area contributed by atoms with Gasteiger partial charge in [0.15, 0.2) is 6.61 Å². The zero-order valence-corrected chi connectivity index (χ0v) is 15.3. The highest BCUT2D eigenvalue weighted by molar-refractivity contribution is 5.93. The van der Waals surface area contributed by atoms with Crippen LogP contribution >= 0.6 is 0 Å². The Balaban J connectivity index is 1.74. The molecule has 3 rings (SSSR count). The van der Waals surface area contributed by atoms with E-state index >= 15 is 0 Å². The number of fused-ring (bicyclic) bond motifs is 1. The molecule has 0 N–H and O–H groups in total. The van der Waals surface area contributed by atoms with E-state index in [4.69, 9.17) is 13.9 Å². The molecule has 0 atom stereocenters. The molecule has 0 saturated carbocycles. The molecule has 0 saturated heterocycles. The van der Waals surface area contributed by atoms with Crippen LogP contribution in [0, 0.1) is 0 Å². The van der Waals surface area contributed by atoms with E-state index in [1.807, 2.05) is 36.4 Å². The molecule has 2 aromatic carbocycles. The molecule has 0 aliphatic heterocycles. The summed E-state index contributed by atoms with van der Waals surface area (Å²) in [4.78, 5) is 23.7. The maximum Gasteiger partial charge on any atom is 0.344 e. The molecule has 0 spiro atoms. The number of unbranched alkanes of at least 4 members (excludes halogenated alkanes) is 2. The third-order valence-corrected chi connectivity index (χ3v) is 4.17. The van der Waals surface area contributed by atoms with Gasteiger partial charge in [-0.25, -0.2) is 9.59 Å². The Hall–Kier alpha value is -3.08. The first kappa shape index (κ1) is 18.7. The van der Waals surface area contributed by atoms with E-state index in [1.165, 1.54) is 6.07 Å². The summed E-state index contributed by atoms with van der Waals surface area (Å²) in [5, 5.41) is 0.801. The van der Waals surface area contributed by atoms with E-state index in [0.717, 1.165) is 35.8 Å². The standard InChI is InChI=1S/C22H22O5/c1-2-3-7-12-25-22(24)15-26-17-10-11-18-19(16-8-5-4-6-9-16)14-21(23)27-20(18)13-17/h4-6,8-11,13-14H,2-3,7,12,15H2,1H3. The second-order valence-corrected chi connectivity index (χ2v) is 6.22. The van der Waals surface area contributed by atoms with Gasteiger partial charge in [0.2, 0.25) is 0 Å². The third-order valence-electron chi connectivity index (χ3n) is 4.17. The Morgan fingerprint density at radius 3 is 2.63 bits per heavy atom. The Labute approximate surface area is 157 Å². The van der Waals surface area contributed by atoms with Crippen molar-refractivity contribution in [1.29, 1.82) is 0 Å². The summed E-state index contributed by atoms with van der Waals surface area (Å²) in [5.41, 5.74) is 1.70. The molecule has 0 aliphatic rings. The van der Waals surface area contributed by atoms with Crippen LogP contribution in [0.4, 0.5) is 0 Å². The van der Waals surface area contributed by atoms with Gasteiger partial charge in [-0.05, 0) is 29.7 Å². The summed E-state index contributed by atoms with van der Waals surface area (Å²) >= 11 is 0. The maximum atomic E-state index is 11.9. The molecule has 140 valence electrons. The summed E-state index contributed by atoms with van der Waals surface area (Å²) in [5.74, 6) is 0.0343. The van der Waals surface area contributed by atoms with Gasteiger partial charge in [0, 0.05) is 17.5 Å². The van der Waals surface area contributed by atoms with Crippen molar-refractivity contribution in [2.45, 2.75) is 26.2 Å². The van der Waals surface area contributed by atoms with E-state index in [0.29, 0.717) is 17.9 Å². The zero-order valence-electron chi connectivity index (χ0n) is 15.3. The summed E-state index contributed by atoms with van der Waals surface area (Å²) < 4.78 is 15.9. The monoisotopic (exact) mass is 366 g/mol. The topological polar surface area (TPSA) is 65.7 Å². The van der Waals surface area contributed by atoms with Crippen molar-refractivity contribution in [2.75, 3.05) is 13.2 Å². The molecule has 1 heterocycles. The fourth-order valence-corrected chi connectivity index (χ4v) is 2.81. The van der Waals surface area contributed by atoms with Gasteiger partial charge in [-0.1, -0.05) is 50.1 Å². The average Bonchev–Trinajstić information content (AvgIpc) is 2.69. The summed E-state index contributed by atoms with van der Waals surface area (Å²) in [6, 6.07) is 16.3. The van der Waals surface area contributed by atoms with Crippen LogP contribution in [-0.4, -0.2) is 19.2 Å². The minimum Gasteiger partial charge on any atom is -0.482 e. The Morgan fingerprint density at radius 1 is 1.04 bits per heavy atom. The number of benzene rings is 2. The highest BCUT2D eigenvalue weighted by Gasteiger charge is 2.10. The van der Waals surface area contributed by atoms with E-state index in [9.17, 15) is 9.59 Å². The predicted molar refractivity (Wildman–Crippen MR) is 104 cm³/mol. The molecule has 5 nitrogen and oxygen atoms in total. The lowest BCUT2D eigenvalue weighted by Gasteiger charge is -2.09. The molecule has 0 fully saturated rings. The number of rotatable bonds is 8. The van der Waals surface area contributed by atoms with Crippen molar-refractivity contribution in [1.82, 2.24) is 0 Å². The predicted octanol–water partition coefficient (Wildman–Crippen LogP) is 4.57. The van der Waals surface area contributed by atoms with Crippen LogP contribution in [0.25, 0.3) is 22.1 Å². The fraction of sp³-hybridized carbons (Fsp3) is 0.273. The lowest BCUT2D eigenvalue weighted by atomic mass is 10.0. The van der Waals surface area contributed by atoms with Crippen LogP contribution in [0.5, 0.6) is 5.75 Å². The Kier molecular flexibility index (Phi) is 6.26. The average molecular weight is 366 g/mol. The number of esters is 1. The first-order valence-corrected chi connectivity index (χ1v) is 9.09. The number of carbonyl (C=O) groups excluding carboxylic acids is 1. The van der Waals surface area contributed by atoms with Crippen LogP contribution in [0.1, 0.15) is 26.2 Å². The van der Waals surface area contributed by atoms with Gasteiger partial charge in [0.1, 0.15) is 11.3 Å². The van der Waals surface area contributed by atoms with Crippen molar-refractivity contribution in [3.05, 3.63) is 65.0 Å². The molecule has 0 aliphatic carbocycles. The van der Waals surface area contributed by atoms with Crippen molar-refractivity contribution in [3.8, 4) is 16.9 Å². The molecule has 0 unspecified atom stereocenters. The first-order valence-electron chi connectivity index (χ1n) is 9.09. The number of ether oxygens (including phenoxy) is 2. The van der Waals surface area contributed by atoms with Gasteiger partial charge in [-0.2, -0.15) is 0 Å². The lowest BCUT2D eigenvalue weighted by Crippen LogP contribution is -2.15. The van der Waals surface area contributed by atoms with Crippen LogP contribution < -0.4 is 10.4 Å². The highest BCUT2D eigenvalue weighted by atomic mass is 16.6. The van der Waals surface area contributed by atoms with E-state index in [1.54, 1.807) is 12.1 Å². The highest BCUT2D eigenvalue weighted by Crippen LogP contribution is 2.29. The van der Waals surface area contributed by atoms with Crippen molar-refractivity contribution >= 4 is 16.9 Å². The van der Waals surface area contributed by atoms with Gasteiger partial charge in [-0.3, -0.25) is 0 Å². The fourth-order valence-electron chi connectivity index (χ4n) is 2.81. The second kappa shape index (κ2) is 9.03. The molecule has 3 aromatic rings. The third kappa shape index (κ3) is 4.97. The molecule has 5 heteroatoms. The maximum absolute atomic E-state index is 11.9. The molecule has 1 aromatic heterocycles. The number of carbonyl (C=O) groups is 1. The first-order chi connectivity index (χ1) is 13.2. The van der Waals surface area contributed by atoms with Crippen LogP contribution in [-0.2, 0) is 9.53 Å². The normalized spacial score (nSPS) is 10.7. The summed E-state index contributed by atoms with van der Waals surface area (Å²) in [7, 11) is 0. The lowest BCUT2D eigenvalue weighted by molar-refractivity contribution is -0.146. The smallest absolute Gasteiger partial charge is 0.344 e. The van der Waals surface area contributed by atoms with Crippen LogP contribution in [0.2, 0.25) is 0 Å². The van der Waals surface area contributed by atoms with Gasteiger partial charge in [-0.15, -0.1) is 0 Å². The van der Waals surface area contributed by atoms with E-state index < -0.39 is 11.6 Å². The van der Waals surface area contributed by atoms with Crippen LogP contribution in [0.3, 0.4) is 0 Å². The van der Waals surface area contributed by atoms with Gasteiger partial charge in [0.05, 0.1) is 6.61 Å². The molecular formula is C22H22O5. The second-order valence-electron chi connectivity index (χ2n) is 6.22. The molecule has 27 heavy (non-hydrogen) atoms. The number of hydrogen-bond acceptors (Lipinski definition) is 5. The van der Waals surface area contributed by atoms with E-state index in [2.05, 4.69) is 6.92 Å². The van der Waals surface area contributed by atoms with Gasteiger partial charge >= 0.3 is 11.6 Å². The quantitative estimate of drug-likeness (QED) is 0.332. The molecule has 0 bridgehead atoms. The zero-order chi connectivity index (χ0) is 19.1. The minimum atomic E-state index is -0.436. The van der Waals surface area contributed by atoms with Gasteiger partial charge in [0.25, 0.3) is 0 Å². The summed E-state index contributed by atoms with van der Waals surface area (Å²) in [6.07, 6.45) is 2.95. The molecular weight excluding hydrogens is 344 g/mol. The number of hydrogen-bond donors (Lipinski definition) is 0. The molecule has 0 radical (unpaired) electrons.